The summed E-state index contributed by atoms with van der Waals surface area (Å²) in [5, 5.41) is 11.3. The molecule has 0 aliphatic carbocycles. The number of Topliss-reactive ketones (excluding diaryl/α,β-unsaturated/α-hetero) is 1. The van der Waals surface area contributed by atoms with Crippen molar-refractivity contribution in [3.05, 3.63) is 77.4 Å². The number of carbonyl (C=O) groups is 2. The van der Waals surface area contributed by atoms with E-state index < -0.39 is 11.5 Å². The van der Waals surface area contributed by atoms with Crippen LogP contribution in [0.15, 0.2) is 60.7 Å². The Morgan fingerprint density at radius 3 is 2.29 bits per heavy atom. The Bertz CT molecular complexity index is 937. The van der Waals surface area contributed by atoms with Crippen LogP contribution >= 0.6 is 0 Å². The molecular formula is C24H27NO3. The summed E-state index contributed by atoms with van der Waals surface area (Å²) in [6.45, 7) is 12.3. The maximum absolute atomic E-state index is 13.1. The number of fused-ring (bicyclic) bond motifs is 1. The molecule has 1 aliphatic heterocycles. The zero-order valence-electron chi connectivity index (χ0n) is 17.0. The summed E-state index contributed by atoms with van der Waals surface area (Å²) in [6, 6.07) is 14.5. The molecule has 4 nitrogen and oxygen atoms in total. The number of rotatable bonds is 5. The minimum atomic E-state index is -1.86. The van der Waals surface area contributed by atoms with Gasteiger partial charge in [-0.25, -0.2) is 0 Å². The fraction of sp³-hybridized carbons (Fsp3) is 0.333. The van der Waals surface area contributed by atoms with Crippen LogP contribution < -0.4 is 4.90 Å². The smallest absolute Gasteiger partial charge is 0.264 e. The van der Waals surface area contributed by atoms with E-state index in [0.717, 1.165) is 11.1 Å². The molecule has 1 aliphatic rings. The van der Waals surface area contributed by atoms with Gasteiger partial charge in [0.1, 0.15) is 0 Å². The predicted octanol–water partition coefficient (Wildman–Crippen LogP) is 4.37. The Kier molecular flexibility index (Phi) is 5.02. The number of nitrogens with zero attached hydrogens (tertiary/aromatic N) is 1. The molecule has 2 aromatic rings. The van der Waals surface area contributed by atoms with E-state index in [2.05, 4.69) is 27.4 Å². The minimum Gasteiger partial charge on any atom is -0.375 e. The van der Waals surface area contributed by atoms with Gasteiger partial charge in [0, 0.05) is 17.7 Å². The third kappa shape index (κ3) is 3.52. The van der Waals surface area contributed by atoms with Gasteiger partial charge in [0.15, 0.2) is 11.4 Å². The molecule has 146 valence electrons. The maximum Gasteiger partial charge on any atom is 0.264 e. The first-order valence-electron chi connectivity index (χ1n) is 9.46. The van der Waals surface area contributed by atoms with Gasteiger partial charge in [-0.15, -0.1) is 0 Å². The number of benzene rings is 2. The maximum atomic E-state index is 13.1. The van der Waals surface area contributed by atoms with E-state index in [0.29, 0.717) is 23.4 Å². The quantitative estimate of drug-likeness (QED) is 0.622. The molecule has 1 N–H and O–H groups in total. The molecule has 1 amide bonds. The van der Waals surface area contributed by atoms with Crippen molar-refractivity contribution in [3.63, 3.8) is 0 Å². The molecule has 0 radical (unpaired) electrons. The second-order valence-corrected chi connectivity index (χ2v) is 8.65. The van der Waals surface area contributed by atoms with Crippen LogP contribution in [0.5, 0.6) is 0 Å². The summed E-state index contributed by atoms with van der Waals surface area (Å²) in [4.78, 5) is 27.5. The Morgan fingerprint density at radius 1 is 1.11 bits per heavy atom. The summed E-state index contributed by atoms with van der Waals surface area (Å²) < 4.78 is 0. The van der Waals surface area contributed by atoms with Crippen molar-refractivity contribution in [2.75, 3.05) is 11.4 Å². The van der Waals surface area contributed by atoms with E-state index in [1.807, 2.05) is 25.1 Å². The van der Waals surface area contributed by atoms with Gasteiger partial charge in [0.25, 0.3) is 5.91 Å². The third-order valence-corrected chi connectivity index (χ3v) is 5.16. The van der Waals surface area contributed by atoms with Crippen molar-refractivity contribution >= 4 is 17.4 Å². The topological polar surface area (TPSA) is 57.6 Å². The highest BCUT2D eigenvalue weighted by Crippen LogP contribution is 2.43. The van der Waals surface area contributed by atoms with Crippen molar-refractivity contribution in [2.24, 2.45) is 0 Å². The van der Waals surface area contributed by atoms with Gasteiger partial charge in [-0.3, -0.25) is 9.59 Å². The van der Waals surface area contributed by atoms with E-state index >= 15 is 0 Å². The largest absolute Gasteiger partial charge is 0.375 e. The summed E-state index contributed by atoms with van der Waals surface area (Å²) in [5.41, 5.74) is 1.66. The van der Waals surface area contributed by atoms with Gasteiger partial charge in [0.05, 0.1) is 12.1 Å². The average Bonchev–Trinajstić information content (AvgIpc) is 2.83. The highest BCUT2D eigenvalue weighted by molar-refractivity contribution is 6.11. The third-order valence-electron chi connectivity index (χ3n) is 5.16. The number of amides is 1. The summed E-state index contributed by atoms with van der Waals surface area (Å²) in [7, 11) is 0. The van der Waals surface area contributed by atoms with E-state index in [1.165, 1.54) is 4.90 Å². The zero-order chi connectivity index (χ0) is 20.7. The number of para-hydroxylation sites is 1. The number of hydrogen-bond donors (Lipinski definition) is 1. The monoisotopic (exact) mass is 377 g/mol. The summed E-state index contributed by atoms with van der Waals surface area (Å²) in [5.74, 6) is -0.736. The van der Waals surface area contributed by atoms with E-state index in [4.69, 9.17) is 0 Å². The van der Waals surface area contributed by atoms with Gasteiger partial charge >= 0.3 is 0 Å². The Balaban J connectivity index is 1.91. The summed E-state index contributed by atoms with van der Waals surface area (Å²) >= 11 is 0. The zero-order valence-corrected chi connectivity index (χ0v) is 17.0. The molecule has 4 heteroatoms. The predicted molar refractivity (Wildman–Crippen MR) is 112 cm³/mol. The molecule has 0 fully saturated rings. The number of ketones is 1. The van der Waals surface area contributed by atoms with Gasteiger partial charge < -0.3 is 10.0 Å². The SMILES string of the molecule is C=C(C)CN1C(=O)C(O)(CC(=O)c2ccc(C(C)(C)C)cc2)c2ccccc21. The van der Waals surface area contributed by atoms with Crippen LogP contribution in [-0.4, -0.2) is 23.3 Å². The van der Waals surface area contributed by atoms with E-state index in [-0.39, 0.29) is 17.6 Å². The Labute approximate surface area is 166 Å². The molecule has 1 heterocycles. The lowest BCUT2D eigenvalue weighted by molar-refractivity contribution is -0.135. The van der Waals surface area contributed by atoms with Crippen LogP contribution in [0, 0.1) is 0 Å². The van der Waals surface area contributed by atoms with Crippen LogP contribution in [0.2, 0.25) is 0 Å². The lowest BCUT2D eigenvalue weighted by Crippen LogP contribution is -2.42. The second kappa shape index (κ2) is 7.02. The minimum absolute atomic E-state index is 0.0107. The molecule has 3 rings (SSSR count). The number of carbonyl (C=O) groups excluding carboxylic acids is 2. The highest BCUT2D eigenvalue weighted by atomic mass is 16.3. The van der Waals surface area contributed by atoms with Gasteiger partial charge in [-0.2, -0.15) is 0 Å². The van der Waals surface area contributed by atoms with Crippen LogP contribution in [-0.2, 0) is 15.8 Å². The lowest BCUT2D eigenvalue weighted by atomic mass is 9.85. The average molecular weight is 377 g/mol. The number of aliphatic hydroxyl groups is 1. The van der Waals surface area contributed by atoms with Crippen molar-refractivity contribution in [3.8, 4) is 0 Å². The van der Waals surface area contributed by atoms with E-state index in [9.17, 15) is 14.7 Å². The molecule has 0 saturated heterocycles. The van der Waals surface area contributed by atoms with Crippen molar-refractivity contribution in [1.29, 1.82) is 0 Å². The van der Waals surface area contributed by atoms with Crippen LogP contribution in [0.1, 0.15) is 55.6 Å². The Hall–Kier alpha value is -2.72. The van der Waals surface area contributed by atoms with Crippen LogP contribution in [0.3, 0.4) is 0 Å². The van der Waals surface area contributed by atoms with Crippen LogP contribution in [0.4, 0.5) is 5.69 Å². The molecule has 1 atom stereocenters. The molecule has 2 aromatic carbocycles. The van der Waals surface area contributed by atoms with Crippen molar-refractivity contribution < 1.29 is 14.7 Å². The van der Waals surface area contributed by atoms with Gasteiger partial charge in [-0.05, 0) is 24.0 Å². The molecular weight excluding hydrogens is 350 g/mol. The van der Waals surface area contributed by atoms with Crippen LogP contribution in [0.25, 0.3) is 0 Å². The fourth-order valence-corrected chi connectivity index (χ4v) is 3.59. The van der Waals surface area contributed by atoms with Crippen molar-refractivity contribution in [2.45, 2.75) is 45.1 Å². The molecule has 1 unspecified atom stereocenters. The molecule has 0 bridgehead atoms. The van der Waals surface area contributed by atoms with Gasteiger partial charge in [-0.1, -0.05) is 75.4 Å². The molecule has 0 aromatic heterocycles. The lowest BCUT2D eigenvalue weighted by Gasteiger charge is -2.23. The first kappa shape index (κ1) is 20.0. The number of hydrogen-bond acceptors (Lipinski definition) is 3. The highest BCUT2D eigenvalue weighted by Gasteiger charge is 2.50. The first-order chi connectivity index (χ1) is 13.0. The Morgan fingerprint density at radius 2 is 1.71 bits per heavy atom. The standard InChI is InChI=1S/C24H27NO3/c1-16(2)15-25-20-9-7-6-8-19(20)24(28,22(25)27)14-21(26)17-10-12-18(13-11-17)23(3,4)5/h6-13,28H,1,14-15H2,2-5H3. The normalized spacial score (nSPS) is 18.9. The van der Waals surface area contributed by atoms with Crippen molar-refractivity contribution in [1.82, 2.24) is 0 Å². The molecule has 0 saturated carbocycles. The second-order valence-electron chi connectivity index (χ2n) is 8.65. The summed E-state index contributed by atoms with van der Waals surface area (Å²) in [6.07, 6.45) is -0.287. The molecule has 28 heavy (non-hydrogen) atoms. The number of anilines is 1. The first-order valence-corrected chi connectivity index (χ1v) is 9.46. The molecule has 0 spiro atoms. The van der Waals surface area contributed by atoms with Gasteiger partial charge in [0.2, 0.25) is 0 Å². The fourth-order valence-electron chi connectivity index (χ4n) is 3.59. The van der Waals surface area contributed by atoms with E-state index in [1.54, 1.807) is 30.3 Å².